The van der Waals surface area contributed by atoms with E-state index in [0.29, 0.717) is 12.1 Å². The highest BCUT2D eigenvalue weighted by Crippen LogP contribution is 2.32. The first-order valence-electron chi connectivity index (χ1n) is 6.62. The van der Waals surface area contributed by atoms with E-state index in [1.807, 2.05) is 0 Å². The Bertz CT molecular complexity index is 656. The van der Waals surface area contributed by atoms with Crippen molar-refractivity contribution in [1.82, 2.24) is 4.90 Å². The van der Waals surface area contributed by atoms with Crippen LogP contribution in [0.2, 0.25) is 0 Å². The van der Waals surface area contributed by atoms with Gasteiger partial charge in [0.1, 0.15) is 0 Å². The monoisotopic (exact) mass is 311 g/mol. The van der Waals surface area contributed by atoms with Gasteiger partial charge in [-0.05, 0) is 36.4 Å². The Morgan fingerprint density at radius 2 is 1.64 bits per heavy atom. The molecule has 0 aliphatic heterocycles. The summed E-state index contributed by atoms with van der Waals surface area (Å²) in [6.07, 6.45) is -4.38. The van der Waals surface area contributed by atoms with E-state index in [1.165, 1.54) is 24.3 Å². The number of aromatic hydroxyl groups is 2. The number of phenols is 2. The average molecular weight is 311 g/mol. The second kappa shape index (κ2) is 6.27. The minimum absolute atomic E-state index is 0.122. The predicted molar refractivity (Wildman–Crippen MR) is 76.4 cm³/mol. The molecule has 0 spiro atoms. The van der Waals surface area contributed by atoms with Crippen molar-refractivity contribution in [2.45, 2.75) is 19.3 Å². The fourth-order valence-electron chi connectivity index (χ4n) is 2.26. The molecule has 2 aromatic rings. The molecule has 0 aromatic heterocycles. The summed E-state index contributed by atoms with van der Waals surface area (Å²) in [5.74, 6) is -0.476. The van der Waals surface area contributed by atoms with Gasteiger partial charge in [-0.3, -0.25) is 4.90 Å². The summed E-state index contributed by atoms with van der Waals surface area (Å²) in [7, 11) is 1.69. The van der Waals surface area contributed by atoms with Crippen molar-refractivity contribution in [1.29, 1.82) is 0 Å². The van der Waals surface area contributed by atoms with E-state index in [0.717, 1.165) is 6.07 Å². The zero-order valence-electron chi connectivity index (χ0n) is 11.9. The molecule has 22 heavy (non-hydrogen) atoms. The molecule has 0 saturated carbocycles. The van der Waals surface area contributed by atoms with Gasteiger partial charge in [-0.15, -0.1) is 0 Å². The summed E-state index contributed by atoms with van der Waals surface area (Å²) in [6, 6.07) is 9.81. The molecule has 0 saturated heterocycles. The van der Waals surface area contributed by atoms with Gasteiger partial charge >= 0.3 is 6.18 Å². The Morgan fingerprint density at radius 3 is 2.27 bits per heavy atom. The summed E-state index contributed by atoms with van der Waals surface area (Å²) >= 11 is 0. The van der Waals surface area contributed by atoms with E-state index < -0.39 is 11.7 Å². The Balaban J connectivity index is 2.12. The lowest BCUT2D eigenvalue weighted by Crippen LogP contribution is -2.20. The highest BCUT2D eigenvalue weighted by molar-refractivity contribution is 5.40. The van der Waals surface area contributed by atoms with Crippen molar-refractivity contribution in [3.63, 3.8) is 0 Å². The van der Waals surface area contributed by atoms with Gasteiger partial charge in [0.25, 0.3) is 0 Å². The number of phenolic OH excluding ortho intramolecular Hbond substituents is 2. The molecule has 2 N–H and O–H groups in total. The van der Waals surface area contributed by atoms with E-state index >= 15 is 0 Å². The molecule has 0 aliphatic rings. The third kappa shape index (κ3) is 3.92. The molecule has 0 heterocycles. The molecule has 2 aromatic carbocycles. The fourth-order valence-corrected chi connectivity index (χ4v) is 2.26. The molecule has 0 atom stereocenters. The summed E-state index contributed by atoms with van der Waals surface area (Å²) in [5, 5.41) is 18.7. The average Bonchev–Trinajstić information content (AvgIpc) is 2.42. The number of nitrogens with zero attached hydrogens (tertiary/aromatic N) is 1. The van der Waals surface area contributed by atoms with Gasteiger partial charge in [-0.2, -0.15) is 13.2 Å². The van der Waals surface area contributed by atoms with E-state index in [9.17, 15) is 23.4 Å². The van der Waals surface area contributed by atoms with Crippen LogP contribution in [0.3, 0.4) is 0 Å². The van der Waals surface area contributed by atoms with E-state index in [1.54, 1.807) is 24.1 Å². The van der Waals surface area contributed by atoms with Crippen LogP contribution >= 0.6 is 0 Å². The van der Waals surface area contributed by atoms with Crippen LogP contribution in [-0.2, 0) is 19.3 Å². The Kier molecular flexibility index (Phi) is 4.61. The van der Waals surface area contributed by atoms with Crippen LogP contribution in [0.1, 0.15) is 16.7 Å². The molecule has 0 fully saturated rings. The van der Waals surface area contributed by atoms with Gasteiger partial charge in [-0.1, -0.05) is 24.3 Å². The Hall–Kier alpha value is -2.21. The van der Waals surface area contributed by atoms with Crippen LogP contribution in [0.4, 0.5) is 13.2 Å². The zero-order valence-corrected chi connectivity index (χ0v) is 11.9. The topological polar surface area (TPSA) is 43.7 Å². The number of benzene rings is 2. The largest absolute Gasteiger partial charge is 0.504 e. The maximum atomic E-state index is 12.9. The summed E-state index contributed by atoms with van der Waals surface area (Å²) in [4.78, 5) is 1.70. The van der Waals surface area contributed by atoms with Crippen molar-refractivity contribution < 1.29 is 23.4 Å². The van der Waals surface area contributed by atoms with E-state index in [2.05, 4.69) is 0 Å². The highest BCUT2D eigenvalue weighted by atomic mass is 19.4. The molecule has 0 radical (unpaired) electrons. The minimum atomic E-state index is -4.38. The van der Waals surface area contributed by atoms with Crippen LogP contribution in [0.25, 0.3) is 0 Å². The van der Waals surface area contributed by atoms with Gasteiger partial charge in [0.15, 0.2) is 11.5 Å². The second-order valence-electron chi connectivity index (χ2n) is 5.15. The summed E-state index contributed by atoms with van der Waals surface area (Å²) < 4.78 is 38.8. The van der Waals surface area contributed by atoms with Gasteiger partial charge in [-0.25, -0.2) is 0 Å². The summed E-state index contributed by atoms with van der Waals surface area (Å²) in [5.41, 5.74) is 0.248. The van der Waals surface area contributed by atoms with Crippen LogP contribution in [0, 0.1) is 0 Å². The van der Waals surface area contributed by atoms with Gasteiger partial charge in [0, 0.05) is 13.1 Å². The Labute approximate surface area is 126 Å². The van der Waals surface area contributed by atoms with E-state index in [4.69, 9.17) is 0 Å². The molecule has 0 amide bonds. The number of alkyl halides is 3. The number of halogens is 3. The highest BCUT2D eigenvalue weighted by Gasteiger charge is 2.32. The van der Waals surface area contributed by atoms with Crippen molar-refractivity contribution in [2.24, 2.45) is 0 Å². The molecule has 2 rings (SSSR count). The van der Waals surface area contributed by atoms with Crippen molar-refractivity contribution >= 4 is 0 Å². The Morgan fingerprint density at radius 1 is 0.955 bits per heavy atom. The lowest BCUT2D eigenvalue weighted by Gasteiger charge is -2.20. The molecular weight excluding hydrogens is 295 g/mol. The molecule has 0 bridgehead atoms. The first kappa shape index (κ1) is 16.2. The number of rotatable bonds is 4. The maximum absolute atomic E-state index is 12.9. The summed E-state index contributed by atoms with van der Waals surface area (Å²) in [6.45, 7) is 0.470. The molecular formula is C16H16F3NO2. The first-order valence-corrected chi connectivity index (χ1v) is 6.62. The molecule has 6 heteroatoms. The van der Waals surface area contributed by atoms with Crippen molar-refractivity contribution in [2.75, 3.05) is 7.05 Å². The van der Waals surface area contributed by atoms with E-state index in [-0.39, 0.29) is 23.6 Å². The normalized spacial score (nSPS) is 11.9. The van der Waals surface area contributed by atoms with Crippen LogP contribution in [0.15, 0.2) is 42.5 Å². The quantitative estimate of drug-likeness (QED) is 0.845. The maximum Gasteiger partial charge on any atom is 0.416 e. The van der Waals surface area contributed by atoms with Gasteiger partial charge < -0.3 is 10.2 Å². The first-order chi connectivity index (χ1) is 10.3. The third-order valence-electron chi connectivity index (χ3n) is 3.26. The molecule has 0 aliphatic carbocycles. The number of hydrogen-bond donors (Lipinski definition) is 2. The fraction of sp³-hybridized carbons (Fsp3) is 0.250. The van der Waals surface area contributed by atoms with Crippen LogP contribution < -0.4 is 0 Å². The zero-order chi connectivity index (χ0) is 16.3. The SMILES string of the molecule is CN(Cc1ccc(O)c(O)c1)Cc1ccccc1C(F)(F)F. The minimum Gasteiger partial charge on any atom is -0.504 e. The van der Waals surface area contributed by atoms with Gasteiger partial charge in [0.05, 0.1) is 5.56 Å². The molecule has 3 nitrogen and oxygen atoms in total. The van der Waals surface area contributed by atoms with Crippen molar-refractivity contribution in [3.05, 3.63) is 59.2 Å². The second-order valence-corrected chi connectivity index (χ2v) is 5.15. The third-order valence-corrected chi connectivity index (χ3v) is 3.26. The smallest absolute Gasteiger partial charge is 0.416 e. The molecule has 118 valence electrons. The lowest BCUT2D eigenvalue weighted by molar-refractivity contribution is -0.138. The van der Waals surface area contributed by atoms with Gasteiger partial charge in [0.2, 0.25) is 0 Å². The lowest BCUT2D eigenvalue weighted by atomic mass is 10.1. The predicted octanol–water partition coefficient (Wildman–Crippen LogP) is 3.75. The van der Waals surface area contributed by atoms with Crippen LogP contribution in [0.5, 0.6) is 11.5 Å². The molecule has 0 unspecified atom stereocenters. The number of hydrogen-bond acceptors (Lipinski definition) is 3. The van der Waals surface area contributed by atoms with Crippen LogP contribution in [-0.4, -0.2) is 22.2 Å². The standard InChI is InChI=1S/C16H16F3NO2/c1-20(9-11-6-7-14(21)15(22)8-11)10-12-4-2-3-5-13(12)16(17,18)19/h2-8,21-22H,9-10H2,1H3. The van der Waals surface area contributed by atoms with Crippen molar-refractivity contribution in [3.8, 4) is 11.5 Å².